The third-order valence-electron chi connectivity index (χ3n) is 5.18. The Bertz CT molecular complexity index is 1280. The number of aryl methyl sites for hydroxylation is 1. The maximum absolute atomic E-state index is 13.7. The summed E-state index contributed by atoms with van der Waals surface area (Å²) < 4.78 is 59.8. The second kappa shape index (κ2) is 7.45. The Kier molecular flexibility index (Phi) is 5.07. The molecule has 0 saturated carbocycles. The van der Waals surface area contributed by atoms with Crippen molar-refractivity contribution in [2.75, 3.05) is 17.2 Å². The van der Waals surface area contributed by atoms with Gasteiger partial charge in [-0.25, -0.2) is 16.8 Å². The van der Waals surface area contributed by atoms with Gasteiger partial charge in [-0.05, 0) is 48.9 Å². The van der Waals surface area contributed by atoms with Gasteiger partial charge in [0.15, 0.2) is 9.84 Å². The Morgan fingerprint density at radius 3 is 2.20 bits per heavy atom. The quantitative estimate of drug-likeness (QED) is 0.614. The van der Waals surface area contributed by atoms with Crippen molar-refractivity contribution in [2.45, 2.75) is 22.8 Å². The molecule has 1 unspecified atom stereocenters. The molecule has 1 atom stereocenters. The van der Waals surface area contributed by atoms with Crippen molar-refractivity contribution in [3.8, 4) is 5.75 Å². The van der Waals surface area contributed by atoms with Crippen molar-refractivity contribution in [3.05, 3.63) is 83.9 Å². The zero-order chi connectivity index (χ0) is 21.5. The first-order valence-electron chi connectivity index (χ1n) is 9.31. The smallest absolute Gasteiger partial charge is 0.264 e. The van der Waals surface area contributed by atoms with Crippen LogP contribution in [0.5, 0.6) is 5.75 Å². The van der Waals surface area contributed by atoms with Gasteiger partial charge in [0.2, 0.25) is 0 Å². The van der Waals surface area contributed by atoms with Crippen molar-refractivity contribution in [1.82, 2.24) is 0 Å². The van der Waals surface area contributed by atoms with E-state index in [0.29, 0.717) is 11.3 Å². The van der Waals surface area contributed by atoms with Gasteiger partial charge in [0.1, 0.15) is 5.75 Å². The van der Waals surface area contributed by atoms with E-state index in [9.17, 15) is 16.8 Å². The molecule has 1 aliphatic heterocycles. The van der Waals surface area contributed by atoms with Gasteiger partial charge in [0.05, 0.1) is 34.4 Å². The minimum absolute atomic E-state index is 0.0189. The van der Waals surface area contributed by atoms with E-state index in [2.05, 4.69) is 0 Å². The second-order valence-electron chi connectivity index (χ2n) is 7.15. The molecule has 3 aromatic carbocycles. The maximum Gasteiger partial charge on any atom is 0.264 e. The largest absolute Gasteiger partial charge is 0.497 e. The molecule has 0 bridgehead atoms. The number of ether oxygens (including phenoxy) is 1. The van der Waals surface area contributed by atoms with Crippen LogP contribution >= 0.6 is 0 Å². The highest BCUT2D eigenvalue weighted by atomic mass is 32.2. The van der Waals surface area contributed by atoms with Crippen LogP contribution in [0.2, 0.25) is 0 Å². The standard InChI is InChI=1S/C22H21NO5S2/c1-16-7-13-19(14-8-16)30(26,27)23-20-5-3-4-6-22(20)29(24,25)15-21(23)17-9-11-18(28-2)12-10-17/h3-14,21H,15H2,1-2H3. The Morgan fingerprint density at radius 1 is 0.933 bits per heavy atom. The highest BCUT2D eigenvalue weighted by Crippen LogP contribution is 2.43. The molecule has 0 amide bonds. The second-order valence-corrected chi connectivity index (χ2v) is 11.0. The highest BCUT2D eigenvalue weighted by Gasteiger charge is 2.42. The Balaban J connectivity index is 1.95. The number of para-hydroxylation sites is 1. The SMILES string of the molecule is COc1ccc(C2CS(=O)(=O)c3ccccc3N2S(=O)(=O)c2ccc(C)cc2)cc1. The van der Waals surface area contributed by atoms with Crippen molar-refractivity contribution >= 4 is 25.5 Å². The molecule has 3 aromatic rings. The molecule has 0 saturated heterocycles. The van der Waals surface area contributed by atoms with Crippen LogP contribution in [-0.4, -0.2) is 29.7 Å². The van der Waals surface area contributed by atoms with Crippen molar-refractivity contribution < 1.29 is 21.6 Å². The maximum atomic E-state index is 13.7. The predicted molar refractivity (Wildman–Crippen MR) is 115 cm³/mol. The lowest BCUT2D eigenvalue weighted by atomic mass is 10.1. The third-order valence-corrected chi connectivity index (χ3v) is 8.78. The molecule has 0 radical (unpaired) electrons. The van der Waals surface area contributed by atoms with E-state index < -0.39 is 25.9 Å². The van der Waals surface area contributed by atoms with Gasteiger partial charge in [-0.1, -0.05) is 42.0 Å². The molecule has 0 aliphatic carbocycles. The summed E-state index contributed by atoms with van der Waals surface area (Å²) in [6.45, 7) is 1.87. The zero-order valence-corrected chi connectivity index (χ0v) is 18.2. The van der Waals surface area contributed by atoms with Crippen LogP contribution in [0.1, 0.15) is 17.2 Å². The molecule has 8 heteroatoms. The number of nitrogens with zero attached hydrogens (tertiary/aromatic N) is 1. The minimum Gasteiger partial charge on any atom is -0.497 e. The molecule has 6 nitrogen and oxygen atoms in total. The summed E-state index contributed by atoms with van der Waals surface area (Å²) in [6.07, 6.45) is 0. The lowest BCUT2D eigenvalue weighted by molar-refractivity contribution is 0.414. The predicted octanol–water partition coefficient (Wildman–Crippen LogP) is 3.73. The van der Waals surface area contributed by atoms with E-state index in [1.54, 1.807) is 60.7 Å². The monoisotopic (exact) mass is 443 g/mol. The van der Waals surface area contributed by atoms with E-state index in [4.69, 9.17) is 4.74 Å². The van der Waals surface area contributed by atoms with Gasteiger partial charge in [-0.3, -0.25) is 4.31 Å². The van der Waals surface area contributed by atoms with E-state index in [-0.39, 0.29) is 21.2 Å². The number of sulfonamides is 1. The van der Waals surface area contributed by atoms with Crippen molar-refractivity contribution in [2.24, 2.45) is 0 Å². The summed E-state index contributed by atoms with van der Waals surface area (Å²) in [4.78, 5) is 0.131. The topological polar surface area (TPSA) is 80.8 Å². The average molecular weight is 444 g/mol. The van der Waals surface area contributed by atoms with Crippen molar-refractivity contribution in [1.29, 1.82) is 0 Å². The number of benzene rings is 3. The summed E-state index contributed by atoms with van der Waals surface area (Å²) in [6, 6.07) is 18.6. The zero-order valence-electron chi connectivity index (χ0n) is 16.5. The van der Waals surface area contributed by atoms with Gasteiger partial charge >= 0.3 is 0 Å². The first kappa shape index (κ1) is 20.4. The minimum atomic E-state index is -4.02. The van der Waals surface area contributed by atoms with Gasteiger partial charge in [-0.15, -0.1) is 0 Å². The van der Waals surface area contributed by atoms with E-state index in [1.165, 1.54) is 23.5 Å². The lowest BCUT2D eigenvalue weighted by Crippen LogP contribution is -2.42. The van der Waals surface area contributed by atoms with Gasteiger partial charge in [-0.2, -0.15) is 0 Å². The number of hydrogen-bond acceptors (Lipinski definition) is 5. The summed E-state index contributed by atoms with van der Waals surface area (Å²) >= 11 is 0. The van der Waals surface area contributed by atoms with Gasteiger partial charge < -0.3 is 4.74 Å². The third kappa shape index (κ3) is 3.46. The Morgan fingerprint density at radius 2 is 1.57 bits per heavy atom. The van der Waals surface area contributed by atoms with Crippen molar-refractivity contribution in [3.63, 3.8) is 0 Å². The Hall–Kier alpha value is -2.84. The number of hydrogen-bond donors (Lipinski definition) is 0. The fourth-order valence-electron chi connectivity index (χ4n) is 3.61. The summed E-state index contributed by atoms with van der Waals surface area (Å²) in [5, 5.41) is 0. The number of anilines is 1. The molecular formula is C22H21NO5S2. The van der Waals surface area contributed by atoms with Crippen LogP contribution in [-0.2, 0) is 19.9 Å². The first-order valence-corrected chi connectivity index (χ1v) is 12.4. The van der Waals surface area contributed by atoms with E-state index in [0.717, 1.165) is 5.56 Å². The van der Waals surface area contributed by atoms with Crippen LogP contribution in [0.3, 0.4) is 0 Å². The number of methoxy groups -OCH3 is 1. The summed E-state index contributed by atoms with van der Waals surface area (Å²) in [5.41, 5.74) is 1.66. The fourth-order valence-corrected chi connectivity index (χ4v) is 7.13. The molecule has 0 aromatic heterocycles. The normalized spacial score (nSPS) is 17.9. The molecule has 0 spiro atoms. The summed E-state index contributed by atoms with van der Waals surface area (Å²) in [5.74, 6) is 0.257. The number of fused-ring (bicyclic) bond motifs is 1. The molecule has 30 heavy (non-hydrogen) atoms. The van der Waals surface area contributed by atoms with Crippen LogP contribution in [0.25, 0.3) is 0 Å². The van der Waals surface area contributed by atoms with Gasteiger partial charge in [0.25, 0.3) is 10.0 Å². The highest BCUT2D eigenvalue weighted by molar-refractivity contribution is 7.94. The molecule has 1 heterocycles. The van der Waals surface area contributed by atoms with E-state index >= 15 is 0 Å². The van der Waals surface area contributed by atoms with Gasteiger partial charge in [0, 0.05) is 0 Å². The molecule has 0 N–H and O–H groups in total. The molecule has 1 aliphatic rings. The molecular weight excluding hydrogens is 422 g/mol. The molecule has 0 fully saturated rings. The first-order chi connectivity index (χ1) is 14.2. The Labute approximate surface area is 176 Å². The van der Waals surface area contributed by atoms with Crippen LogP contribution in [0.4, 0.5) is 5.69 Å². The van der Waals surface area contributed by atoms with Crippen LogP contribution in [0, 0.1) is 6.92 Å². The average Bonchev–Trinajstić information content (AvgIpc) is 2.73. The number of sulfone groups is 1. The van der Waals surface area contributed by atoms with Crippen LogP contribution in [0.15, 0.2) is 82.6 Å². The molecule has 4 rings (SSSR count). The fraction of sp³-hybridized carbons (Fsp3) is 0.182. The van der Waals surface area contributed by atoms with Crippen LogP contribution < -0.4 is 9.04 Å². The summed E-state index contributed by atoms with van der Waals surface area (Å²) in [7, 11) is -6.16. The lowest BCUT2D eigenvalue weighted by Gasteiger charge is -2.37. The number of rotatable bonds is 4. The van der Waals surface area contributed by atoms with E-state index in [1.807, 2.05) is 6.92 Å². The molecule has 156 valence electrons.